The van der Waals surface area contributed by atoms with Crippen LogP contribution in [0, 0.1) is 28.9 Å². The molecular weight excluding hydrogens is 783 g/mol. The van der Waals surface area contributed by atoms with Gasteiger partial charge in [0.1, 0.15) is 24.1 Å². The summed E-state index contributed by atoms with van der Waals surface area (Å²) in [5, 5.41) is 27.3. The zero-order valence-electron chi connectivity index (χ0n) is 34.8. The zero-order chi connectivity index (χ0) is 44.7. The minimum absolute atomic E-state index is 0.0750. The molecular formula is C42H58F2N8O8. The highest BCUT2D eigenvalue weighted by molar-refractivity contribution is 5.91. The molecule has 2 aromatic carbocycles. The Labute approximate surface area is 348 Å². The molecule has 0 saturated heterocycles. The quantitative estimate of drug-likeness (QED) is 0.0687. The minimum Gasteiger partial charge on any atom is -0.481 e. The number of halogens is 2. The van der Waals surface area contributed by atoms with Crippen molar-refractivity contribution in [1.82, 2.24) is 30.4 Å². The first-order valence-corrected chi connectivity index (χ1v) is 19.8. The van der Waals surface area contributed by atoms with Gasteiger partial charge in [0.2, 0.25) is 17.7 Å². The summed E-state index contributed by atoms with van der Waals surface area (Å²) in [6.45, 7) is 8.22. The number of aromatic nitrogens is 2. The smallest absolute Gasteiger partial charge is 0.312 e. The van der Waals surface area contributed by atoms with Gasteiger partial charge >= 0.3 is 12.0 Å². The number of imidazole rings is 1. The van der Waals surface area contributed by atoms with E-state index >= 15 is 4.39 Å². The van der Waals surface area contributed by atoms with Gasteiger partial charge in [0.25, 0.3) is 0 Å². The number of urea groups is 1. The topological polar surface area (TPSA) is 252 Å². The van der Waals surface area contributed by atoms with Gasteiger partial charge in [-0.05, 0) is 54.4 Å². The fourth-order valence-electron chi connectivity index (χ4n) is 6.81. The predicted octanol–water partition coefficient (Wildman–Crippen LogP) is 3.26. The molecule has 1 aromatic heterocycles. The zero-order valence-corrected chi connectivity index (χ0v) is 34.8. The lowest BCUT2D eigenvalue weighted by Gasteiger charge is -2.40. The number of carbonyl (C=O) groups excluding carboxylic acids is 5. The van der Waals surface area contributed by atoms with Gasteiger partial charge in [0.15, 0.2) is 5.78 Å². The van der Waals surface area contributed by atoms with Crippen LogP contribution in [0.25, 0.3) is 11.3 Å². The van der Waals surface area contributed by atoms with Gasteiger partial charge in [-0.25, -0.2) is 18.6 Å². The maximum atomic E-state index is 15.0. The Morgan fingerprint density at radius 3 is 2.25 bits per heavy atom. The summed E-state index contributed by atoms with van der Waals surface area (Å²) in [6, 6.07) is 8.60. The second kappa shape index (κ2) is 22.6. The molecule has 9 N–H and O–H groups in total. The van der Waals surface area contributed by atoms with Gasteiger partial charge in [-0.15, -0.1) is 0 Å². The molecule has 0 unspecified atom stereocenters. The largest absolute Gasteiger partial charge is 0.481 e. The molecule has 3 rings (SSSR count). The summed E-state index contributed by atoms with van der Waals surface area (Å²) in [5.41, 5.74) is 11.5. The Kier molecular flexibility index (Phi) is 18.3. The van der Waals surface area contributed by atoms with Crippen molar-refractivity contribution in [2.24, 2.45) is 28.7 Å². The van der Waals surface area contributed by atoms with E-state index in [2.05, 4.69) is 16.0 Å². The Hall–Kier alpha value is -5.75. The molecule has 16 nitrogen and oxygen atoms in total. The van der Waals surface area contributed by atoms with Crippen LogP contribution >= 0.6 is 0 Å². The molecule has 0 saturated carbocycles. The van der Waals surface area contributed by atoms with Crippen LogP contribution in [-0.2, 0) is 30.5 Å². The monoisotopic (exact) mass is 840 g/mol. The van der Waals surface area contributed by atoms with Crippen LogP contribution in [0.15, 0.2) is 54.7 Å². The number of rotatable bonds is 23. The third-order valence-corrected chi connectivity index (χ3v) is 9.86. The SMILES string of the molecule is CC(C)[C@H](NC(=O)CCNC(=O)[C@@H](N)CCN(C(=O)CO)[C@@H](c1nc(-c2cc(F)ccc2F)cn1Cc1ccccc1)C(C)(C)C)C(=O)C[C@@H](CCCNC(N)=O)C(=O)O. The number of aliphatic hydroxyl groups is 1. The first-order valence-electron chi connectivity index (χ1n) is 19.8. The lowest BCUT2D eigenvalue weighted by Crippen LogP contribution is -2.48. The Morgan fingerprint density at radius 2 is 1.65 bits per heavy atom. The van der Waals surface area contributed by atoms with Crippen LogP contribution in [0.5, 0.6) is 0 Å². The number of carboxylic acids is 1. The van der Waals surface area contributed by atoms with Crippen LogP contribution in [0.3, 0.4) is 0 Å². The van der Waals surface area contributed by atoms with E-state index in [4.69, 9.17) is 16.5 Å². The van der Waals surface area contributed by atoms with Crippen molar-refractivity contribution in [3.05, 3.63) is 77.8 Å². The molecule has 0 radical (unpaired) electrons. The summed E-state index contributed by atoms with van der Waals surface area (Å²) in [6.07, 6.45) is 1.32. The van der Waals surface area contributed by atoms with E-state index in [-0.39, 0.29) is 75.5 Å². The summed E-state index contributed by atoms with van der Waals surface area (Å²) < 4.78 is 31.1. The van der Waals surface area contributed by atoms with Crippen LogP contribution in [0.4, 0.5) is 13.6 Å². The maximum Gasteiger partial charge on any atom is 0.312 e. The number of ketones is 1. The highest BCUT2D eigenvalue weighted by Crippen LogP contribution is 2.39. The first kappa shape index (κ1) is 48.6. The summed E-state index contributed by atoms with van der Waals surface area (Å²) >= 11 is 0. The maximum absolute atomic E-state index is 15.0. The number of aliphatic carboxylic acids is 1. The van der Waals surface area contributed by atoms with Crippen molar-refractivity contribution in [1.29, 1.82) is 0 Å². The molecule has 1 heterocycles. The molecule has 0 bridgehead atoms. The average molecular weight is 841 g/mol. The third kappa shape index (κ3) is 14.5. The van der Waals surface area contributed by atoms with E-state index in [0.717, 1.165) is 23.8 Å². The van der Waals surface area contributed by atoms with Crippen molar-refractivity contribution < 1.29 is 47.8 Å². The Bertz CT molecular complexity index is 1950. The van der Waals surface area contributed by atoms with Crippen molar-refractivity contribution in [3.63, 3.8) is 0 Å². The molecule has 0 aliphatic carbocycles. The van der Waals surface area contributed by atoms with Crippen molar-refractivity contribution in [2.75, 3.05) is 26.2 Å². The molecule has 3 aromatic rings. The fourth-order valence-corrected chi connectivity index (χ4v) is 6.81. The normalized spacial score (nSPS) is 13.5. The van der Waals surface area contributed by atoms with E-state index in [1.807, 2.05) is 51.1 Å². The molecule has 0 aliphatic rings. The Morgan fingerprint density at radius 1 is 0.967 bits per heavy atom. The number of primary amides is 1. The number of hydrogen-bond acceptors (Lipinski definition) is 9. The van der Waals surface area contributed by atoms with E-state index < -0.39 is 83.2 Å². The number of hydrogen-bond donors (Lipinski definition) is 7. The van der Waals surface area contributed by atoms with Gasteiger partial charge < -0.3 is 47.1 Å². The van der Waals surface area contributed by atoms with Gasteiger partial charge in [0, 0.05) is 50.8 Å². The lowest BCUT2D eigenvalue weighted by molar-refractivity contribution is -0.144. The predicted molar refractivity (Wildman–Crippen MR) is 219 cm³/mol. The standard InChI is InChI=1S/C42H58F2N8O8/c1-25(2)36(33(54)20-27(40(58)59)12-9-17-48-41(46)60)50-34(55)15-18-47-39(57)31(45)16-19-52(35(56)24-53)37(42(3,4)5)38-49-32(29-21-28(43)13-14-30(29)44)23-51(38)22-26-10-7-6-8-11-26/h6-8,10-11,13-14,21,23,25,27,31,36-37,53H,9,12,15-20,22,24,45H2,1-5H3,(H,47,57)(H,50,55)(H,58,59)(H3,46,48,60)/t27-,31+,36+,37+/m1/s1. The fraction of sp³-hybridized carbons (Fsp3) is 0.500. The number of nitrogens with one attached hydrogen (secondary N) is 3. The average Bonchev–Trinajstić information content (AvgIpc) is 3.58. The molecule has 60 heavy (non-hydrogen) atoms. The molecule has 18 heteroatoms. The number of nitrogens with zero attached hydrogens (tertiary/aromatic N) is 3. The Balaban J connectivity index is 1.72. The van der Waals surface area contributed by atoms with Crippen LogP contribution < -0.4 is 27.4 Å². The van der Waals surface area contributed by atoms with Gasteiger partial charge in [-0.1, -0.05) is 65.0 Å². The minimum atomic E-state index is -1.19. The van der Waals surface area contributed by atoms with E-state index in [1.54, 1.807) is 24.6 Å². The lowest BCUT2D eigenvalue weighted by atomic mass is 9.84. The van der Waals surface area contributed by atoms with E-state index in [0.29, 0.717) is 5.82 Å². The van der Waals surface area contributed by atoms with Crippen LogP contribution in [0.2, 0.25) is 0 Å². The second-order valence-corrected chi connectivity index (χ2v) is 16.1. The molecule has 0 aliphatic heterocycles. The third-order valence-electron chi connectivity index (χ3n) is 9.86. The highest BCUT2D eigenvalue weighted by Gasteiger charge is 2.39. The summed E-state index contributed by atoms with van der Waals surface area (Å²) in [4.78, 5) is 81.4. The number of carbonyl (C=O) groups is 6. The molecule has 4 atom stereocenters. The number of amides is 5. The van der Waals surface area contributed by atoms with Gasteiger partial charge in [-0.2, -0.15) is 0 Å². The molecule has 0 fully saturated rings. The van der Waals surface area contributed by atoms with E-state index in [1.165, 1.54) is 4.90 Å². The second-order valence-electron chi connectivity index (χ2n) is 16.1. The van der Waals surface area contributed by atoms with Crippen LogP contribution in [-0.4, -0.2) is 98.5 Å². The van der Waals surface area contributed by atoms with Gasteiger partial charge in [0.05, 0.1) is 29.7 Å². The van der Waals surface area contributed by atoms with Crippen molar-refractivity contribution >= 4 is 35.5 Å². The number of nitrogens with two attached hydrogens (primary N) is 2. The molecule has 5 amide bonds. The number of carboxylic acid groups (broad SMARTS) is 1. The summed E-state index contributed by atoms with van der Waals surface area (Å²) in [5.74, 6) is -5.99. The van der Waals surface area contributed by atoms with E-state index in [9.17, 15) is 43.4 Å². The molecule has 328 valence electrons. The highest BCUT2D eigenvalue weighted by atomic mass is 19.1. The summed E-state index contributed by atoms with van der Waals surface area (Å²) in [7, 11) is 0. The first-order chi connectivity index (χ1) is 28.2. The number of benzene rings is 2. The number of aliphatic hydroxyl groups excluding tert-OH is 1. The van der Waals surface area contributed by atoms with Gasteiger partial charge in [-0.3, -0.25) is 24.0 Å². The van der Waals surface area contributed by atoms with Crippen molar-refractivity contribution in [2.45, 2.75) is 91.4 Å². The van der Waals surface area contributed by atoms with Crippen LogP contribution in [0.1, 0.15) is 84.2 Å². The number of Topliss-reactive ketones (excluding diaryl/α,β-unsaturated/α-hetero) is 1. The van der Waals surface area contributed by atoms with Crippen molar-refractivity contribution in [3.8, 4) is 11.3 Å². The molecule has 0 spiro atoms.